The van der Waals surface area contributed by atoms with Crippen LogP contribution in [0.5, 0.6) is 0 Å². The van der Waals surface area contributed by atoms with Gasteiger partial charge in [-0.15, -0.1) is 0 Å². The molecule has 0 saturated heterocycles. The van der Waals surface area contributed by atoms with Crippen molar-refractivity contribution in [3.8, 4) is 0 Å². The van der Waals surface area contributed by atoms with Gasteiger partial charge in [0.05, 0.1) is 0 Å². The standard InChI is InChI=1S/C18H19N/c1-2-16(17-13-6-7-14-18(17)19)12-8-11-15-9-4-3-5-10-15/h3-14H,2,19H2,1H3/b11-8+,16-12-. The molecular weight excluding hydrogens is 230 g/mol. The number of rotatable bonds is 4. The van der Waals surface area contributed by atoms with Crippen molar-refractivity contribution in [3.63, 3.8) is 0 Å². The molecule has 0 bridgehead atoms. The molecule has 2 rings (SSSR count). The van der Waals surface area contributed by atoms with E-state index < -0.39 is 0 Å². The molecular formula is C18H19N. The lowest BCUT2D eigenvalue weighted by atomic mass is 10.0. The summed E-state index contributed by atoms with van der Waals surface area (Å²) in [4.78, 5) is 0. The quantitative estimate of drug-likeness (QED) is 0.612. The van der Waals surface area contributed by atoms with Gasteiger partial charge in [-0.25, -0.2) is 0 Å². The Labute approximate surface area is 115 Å². The van der Waals surface area contributed by atoms with E-state index in [-0.39, 0.29) is 0 Å². The highest BCUT2D eigenvalue weighted by molar-refractivity contribution is 5.76. The summed E-state index contributed by atoms with van der Waals surface area (Å²) in [7, 11) is 0. The van der Waals surface area contributed by atoms with Crippen LogP contribution < -0.4 is 5.73 Å². The molecule has 96 valence electrons. The third-order valence-electron chi connectivity index (χ3n) is 3.07. The molecule has 0 aromatic heterocycles. The Morgan fingerprint density at radius 2 is 1.68 bits per heavy atom. The molecule has 0 amide bonds. The van der Waals surface area contributed by atoms with Crippen LogP contribution in [0.25, 0.3) is 11.6 Å². The number of nitrogen functional groups attached to an aromatic ring is 1. The summed E-state index contributed by atoms with van der Waals surface area (Å²) in [5.41, 5.74) is 10.4. The zero-order valence-electron chi connectivity index (χ0n) is 11.2. The average molecular weight is 249 g/mol. The second kappa shape index (κ2) is 6.60. The molecule has 0 unspecified atom stereocenters. The van der Waals surface area contributed by atoms with Gasteiger partial charge in [-0.3, -0.25) is 0 Å². The predicted molar refractivity (Wildman–Crippen MR) is 84.6 cm³/mol. The summed E-state index contributed by atoms with van der Waals surface area (Å²) in [5.74, 6) is 0. The summed E-state index contributed by atoms with van der Waals surface area (Å²) in [6.45, 7) is 2.15. The number of anilines is 1. The Balaban J connectivity index is 2.21. The van der Waals surface area contributed by atoms with E-state index in [1.165, 1.54) is 11.1 Å². The molecule has 2 aromatic carbocycles. The molecule has 0 heterocycles. The summed E-state index contributed by atoms with van der Waals surface area (Å²) in [5, 5.41) is 0. The van der Waals surface area contributed by atoms with Gasteiger partial charge in [-0.2, -0.15) is 0 Å². The van der Waals surface area contributed by atoms with Gasteiger partial charge < -0.3 is 5.73 Å². The van der Waals surface area contributed by atoms with E-state index in [0.717, 1.165) is 17.7 Å². The van der Waals surface area contributed by atoms with Gasteiger partial charge >= 0.3 is 0 Å². The van der Waals surface area contributed by atoms with Gasteiger partial charge in [0.15, 0.2) is 0 Å². The molecule has 0 saturated carbocycles. The molecule has 0 radical (unpaired) electrons. The predicted octanol–water partition coefficient (Wildman–Crippen LogP) is 4.78. The van der Waals surface area contributed by atoms with Gasteiger partial charge in [-0.1, -0.05) is 73.7 Å². The first-order chi connectivity index (χ1) is 9.31. The van der Waals surface area contributed by atoms with E-state index in [9.17, 15) is 0 Å². The Hall–Kier alpha value is -2.28. The van der Waals surface area contributed by atoms with Crippen LogP contribution in [0.4, 0.5) is 5.69 Å². The molecule has 0 aliphatic heterocycles. The maximum absolute atomic E-state index is 6.01. The number of allylic oxidation sites excluding steroid dienone is 3. The first kappa shape index (κ1) is 13.2. The van der Waals surface area contributed by atoms with Crippen LogP contribution in [0.3, 0.4) is 0 Å². The number of hydrogen-bond donors (Lipinski definition) is 1. The third-order valence-corrected chi connectivity index (χ3v) is 3.07. The first-order valence-electron chi connectivity index (χ1n) is 6.58. The van der Waals surface area contributed by atoms with E-state index in [4.69, 9.17) is 5.73 Å². The number of hydrogen-bond acceptors (Lipinski definition) is 1. The van der Waals surface area contributed by atoms with Crippen LogP contribution in [0.2, 0.25) is 0 Å². The van der Waals surface area contributed by atoms with Crippen molar-refractivity contribution >= 4 is 17.3 Å². The fraction of sp³-hybridized carbons (Fsp3) is 0.111. The summed E-state index contributed by atoms with van der Waals surface area (Å²) < 4.78 is 0. The maximum Gasteiger partial charge on any atom is 0.0390 e. The molecule has 19 heavy (non-hydrogen) atoms. The molecule has 0 atom stereocenters. The van der Waals surface area contributed by atoms with Gasteiger partial charge in [0.2, 0.25) is 0 Å². The molecule has 2 N–H and O–H groups in total. The lowest BCUT2D eigenvalue weighted by Crippen LogP contribution is -1.92. The Kier molecular flexibility index (Phi) is 4.57. The molecule has 0 aliphatic carbocycles. The number of nitrogens with two attached hydrogens (primary N) is 1. The number of benzene rings is 2. The van der Waals surface area contributed by atoms with Gasteiger partial charge in [0.1, 0.15) is 0 Å². The smallest absolute Gasteiger partial charge is 0.0390 e. The maximum atomic E-state index is 6.01. The topological polar surface area (TPSA) is 26.0 Å². The van der Waals surface area contributed by atoms with E-state index in [2.05, 4.69) is 43.4 Å². The minimum absolute atomic E-state index is 0.837. The van der Waals surface area contributed by atoms with Crippen LogP contribution in [-0.2, 0) is 0 Å². The summed E-state index contributed by atoms with van der Waals surface area (Å²) >= 11 is 0. The Bertz CT molecular complexity index is 580. The molecule has 2 aromatic rings. The Morgan fingerprint density at radius 1 is 1.00 bits per heavy atom. The minimum atomic E-state index is 0.837. The van der Waals surface area contributed by atoms with Crippen molar-refractivity contribution in [1.29, 1.82) is 0 Å². The fourth-order valence-corrected chi connectivity index (χ4v) is 2.03. The van der Waals surface area contributed by atoms with Crippen molar-refractivity contribution in [1.82, 2.24) is 0 Å². The lowest BCUT2D eigenvalue weighted by molar-refractivity contribution is 1.24. The van der Waals surface area contributed by atoms with E-state index in [0.29, 0.717) is 0 Å². The van der Waals surface area contributed by atoms with Gasteiger partial charge in [0, 0.05) is 11.3 Å². The zero-order chi connectivity index (χ0) is 13.5. The average Bonchev–Trinajstić information content (AvgIpc) is 2.46. The largest absolute Gasteiger partial charge is 0.398 e. The molecule has 0 spiro atoms. The number of para-hydroxylation sites is 1. The fourth-order valence-electron chi connectivity index (χ4n) is 2.03. The zero-order valence-corrected chi connectivity index (χ0v) is 11.2. The van der Waals surface area contributed by atoms with Crippen LogP contribution >= 0.6 is 0 Å². The third kappa shape index (κ3) is 3.59. The molecule has 0 fully saturated rings. The monoisotopic (exact) mass is 249 g/mol. The van der Waals surface area contributed by atoms with E-state index in [1.54, 1.807) is 0 Å². The second-order valence-corrected chi connectivity index (χ2v) is 4.40. The SMILES string of the molecule is CC/C(=C/C=C/c1ccccc1)c1ccccc1N. The molecule has 1 heteroatoms. The first-order valence-corrected chi connectivity index (χ1v) is 6.58. The second-order valence-electron chi connectivity index (χ2n) is 4.40. The molecule has 1 nitrogen and oxygen atoms in total. The van der Waals surface area contributed by atoms with Crippen molar-refractivity contribution in [2.24, 2.45) is 0 Å². The highest BCUT2D eigenvalue weighted by atomic mass is 14.6. The minimum Gasteiger partial charge on any atom is -0.398 e. The Morgan fingerprint density at radius 3 is 2.37 bits per heavy atom. The van der Waals surface area contributed by atoms with Gasteiger partial charge in [-0.05, 0) is 23.6 Å². The van der Waals surface area contributed by atoms with Crippen LogP contribution in [0.1, 0.15) is 24.5 Å². The highest BCUT2D eigenvalue weighted by Gasteiger charge is 2.01. The summed E-state index contributed by atoms with van der Waals surface area (Å²) in [6.07, 6.45) is 7.29. The van der Waals surface area contributed by atoms with Crippen molar-refractivity contribution in [3.05, 3.63) is 77.9 Å². The van der Waals surface area contributed by atoms with Crippen LogP contribution in [0, 0.1) is 0 Å². The van der Waals surface area contributed by atoms with Crippen LogP contribution in [-0.4, -0.2) is 0 Å². The highest BCUT2D eigenvalue weighted by Crippen LogP contribution is 2.23. The summed E-state index contributed by atoms with van der Waals surface area (Å²) in [6, 6.07) is 18.3. The van der Waals surface area contributed by atoms with E-state index in [1.807, 2.05) is 36.4 Å². The van der Waals surface area contributed by atoms with Crippen molar-refractivity contribution in [2.75, 3.05) is 5.73 Å². The molecule has 0 aliphatic rings. The van der Waals surface area contributed by atoms with Crippen molar-refractivity contribution in [2.45, 2.75) is 13.3 Å². The van der Waals surface area contributed by atoms with Gasteiger partial charge in [0.25, 0.3) is 0 Å². The lowest BCUT2D eigenvalue weighted by Gasteiger charge is -2.07. The van der Waals surface area contributed by atoms with E-state index >= 15 is 0 Å². The normalized spacial score (nSPS) is 11.9. The van der Waals surface area contributed by atoms with Crippen LogP contribution in [0.15, 0.2) is 66.7 Å². The van der Waals surface area contributed by atoms with Crippen molar-refractivity contribution < 1.29 is 0 Å².